The topological polar surface area (TPSA) is 48.5 Å². The Morgan fingerprint density at radius 3 is 2.61 bits per heavy atom. The number of nitrogens with zero attached hydrogens (tertiary/aromatic N) is 3. The van der Waals surface area contributed by atoms with E-state index in [0.717, 1.165) is 32.6 Å². The maximum Gasteiger partial charge on any atom is 0.243 e. The van der Waals surface area contributed by atoms with Crippen LogP contribution in [0.25, 0.3) is 0 Å². The van der Waals surface area contributed by atoms with Crippen LogP contribution in [0.2, 0.25) is 0 Å². The number of carbonyl (C=O) groups excluding carboxylic acids is 1. The van der Waals surface area contributed by atoms with Crippen LogP contribution in [-0.4, -0.2) is 48.0 Å². The SMILES string of the molecule is CCC(C(=O)Nc1nccs1)N1CCN(c2ccccc2)CC1. The zero-order valence-corrected chi connectivity index (χ0v) is 14.1. The third-order valence-corrected chi connectivity index (χ3v) is 4.92. The summed E-state index contributed by atoms with van der Waals surface area (Å²) in [6, 6.07) is 10.4. The Kier molecular flexibility index (Phi) is 5.25. The lowest BCUT2D eigenvalue weighted by Gasteiger charge is -2.39. The predicted molar refractivity (Wildman–Crippen MR) is 95.1 cm³/mol. The molecule has 122 valence electrons. The molecule has 1 unspecified atom stereocenters. The summed E-state index contributed by atoms with van der Waals surface area (Å²) in [7, 11) is 0. The van der Waals surface area contributed by atoms with Gasteiger partial charge in [0.15, 0.2) is 5.13 Å². The second-order valence-electron chi connectivity index (χ2n) is 5.61. The largest absolute Gasteiger partial charge is 0.369 e. The first-order valence-electron chi connectivity index (χ1n) is 8.02. The number of piperazine rings is 1. The van der Waals surface area contributed by atoms with Crippen molar-refractivity contribution in [3.63, 3.8) is 0 Å². The molecule has 1 aliphatic rings. The Hall–Kier alpha value is -1.92. The lowest BCUT2D eigenvalue weighted by atomic mass is 10.1. The summed E-state index contributed by atoms with van der Waals surface area (Å²) in [5.41, 5.74) is 1.26. The molecule has 3 rings (SSSR count). The fourth-order valence-electron chi connectivity index (χ4n) is 3.01. The molecule has 2 heterocycles. The lowest BCUT2D eigenvalue weighted by molar-refractivity contribution is -0.121. The highest BCUT2D eigenvalue weighted by molar-refractivity contribution is 7.13. The molecule has 6 heteroatoms. The van der Waals surface area contributed by atoms with Gasteiger partial charge < -0.3 is 10.2 Å². The predicted octanol–water partition coefficient (Wildman–Crippen LogP) is 2.68. The monoisotopic (exact) mass is 330 g/mol. The van der Waals surface area contributed by atoms with Crippen molar-refractivity contribution in [2.45, 2.75) is 19.4 Å². The quantitative estimate of drug-likeness (QED) is 0.916. The number of thiazole rings is 1. The van der Waals surface area contributed by atoms with E-state index in [-0.39, 0.29) is 11.9 Å². The number of anilines is 2. The van der Waals surface area contributed by atoms with E-state index in [2.05, 4.69) is 51.3 Å². The minimum atomic E-state index is -0.0863. The molecule has 1 atom stereocenters. The second-order valence-corrected chi connectivity index (χ2v) is 6.50. The normalized spacial score (nSPS) is 17.0. The smallest absolute Gasteiger partial charge is 0.243 e. The highest BCUT2D eigenvalue weighted by Gasteiger charge is 2.28. The summed E-state index contributed by atoms with van der Waals surface area (Å²) >= 11 is 1.45. The molecular weight excluding hydrogens is 308 g/mol. The van der Waals surface area contributed by atoms with Gasteiger partial charge in [0.25, 0.3) is 0 Å². The summed E-state index contributed by atoms with van der Waals surface area (Å²) in [6.45, 7) is 5.77. The van der Waals surface area contributed by atoms with E-state index in [4.69, 9.17) is 0 Å². The van der Waals surface area contributed by atoms with Gasteiger partial charge in [-0.15, -0.1) is 11.3 Å². The molecular formula is C17H22N4OS. The Morgan fingerprint density at radius 2 is 2.00 bits per heavy atom. The molecule has 23 heavy (non-hydrogen) atoms. The first-order valence-corrected chi connectivity index (χ1v) is 8.90. The third kappa shape index (κ3) is 3.89. The maximum atomic E-state index is 12.5. The summed E-state index contributed by atoms with van der Waals surface area (Å²) in [4.78, 5) is 21.3. The van der Waals surface area contributed by atoms with E-state index in [0.29, 0.717) is 5.13 Å². The number of aromatic nitrogens is 1. The summed E-state index contributed by atoms with van der Waals surface area (Å²) < 4.78 is 0. The molecule has 1 aliphatic heterocycles. The minimum absolute atomic E-state index is 0.0515. The molecule has 0 aliphatic carbocycles. The van der Waals surface area contributed by atoms with Gasteiger partial charge in [0.1, 0.15) is 0 Å². The number of benzene rings is 1. The molecule has 1 N–H and O–H groups in total. The van der Waals surface area contributed by atoms with Gasteiger partial charge in [-0.3, -0.25) is 9.69 Å². The highest BCUT2D eigenvalue weighted by atomic mass is 32.1. The van der Waals surface area contributed by atoms with Gasteiger partial charge in [-0.25, -0.2) is 4.98 Å². The Balaban J connectivity index is 1.57. The van der Waals surface area contributed by atoms with Gasteiger partial charge in [0, 0.05) is 43.4 Å². The molecule has 1 aromatic carbocycles. The van der Waals surface area contributed by atoms with Gasteiger partial charge in [-0.2, -0.15) is 0 Å². The molecule has 1 aromatic heterocycles. The van der Waals surface area contributed by atoms with Crippen molar-refractivity contribution < 1.29 is 4.79 Å². The van der Waals surface area contributed by atoms with Gasteiger partial charge >= 0.3 is 0 Å². The van der Waals surface area contributed by atoms with Crippen LogP contribution in [0.15, 0.2) is 41.9 Å². The van der Waals surface area contributed by atoms with Crippen LogP contribution in [0.4, 0.5) is 10.8 Å². The second kappa shape index (κ2) is 7.57. The number of para-hydroxylation sites is 1. The van der Waals surface area contributed by atoms with Crippen molar-refractivity contribution in [3.8, 4) is 0 Å². The fourth-order valence-corrected chi connectivity index (χ4v) is 3.55. The fraction of sp³-hybridized carbons (Fsp3) is 0.412. The zero-order valence-electron chi connectivity index (χ0n) is 13.3. The standard InChI is InChI=1S/C17H22N4OS/c1-2-15(16(22)19-17-18-8-13-23-17)21-11-9-20(10-12-21)14-6-4-3-5-7-14/h3-8,13,15H,2,9-12H2,1H3,(H,18,19,22). The third-order valence-electron chi connectivity index (χ3n) is 4.23. The zero-order chi connectivity index (χ0) is 16.1. The van der Waals surface area contributed by atoms with Crippen LogP contribution in [0, 0.1) is 0 Å². The van der Waals surface area contributed by atoms with Gasteiger partial charge in [-0.05, 0) is 18.6 Å². The first-order chi connectivity index (χ1) is 11.3. The van der Waals surface area contributed by atoms with Crippen LogP contribution >= 0.6 is 11.3 Å². The number of hydrogen-bond donors (Lipinski definition) is 1. The van der Waals surface area contributed by atoms with Crippen molar-refractivity contribution in [1.82, 2.24) is 9.88 Å². The molecule has 0 spiro atoms. The number of rotatable bonds is 5. The van der Waals surface area contributed by atoms with E-state index in [9.17, 15) is 4.79 Å². The molecule has 1 saturated heterocycles. The van der Waals surface area contributed by atoms with E-state index in [1.807, 2.05) is 11.4 Å². The average Bonchev–Trinajstić information content (AvgIpc) is 3.10. The van der Waals surface area contributed by atoms with Crippen LogP contribution in [0.1, 0.15) is 13.3 Å². The molecule has 2 aromatic rings. The Bertz CT molecular complexity index is 609. The molecule has 0 saturated carbocycles. The van der Waals surface area contributed by atoms with E-state index in [1.54, 1.807) is 6.20 Å². The molecule has 0 radical (unpaired) electrons. The van der Waals surface area contributed by atoms with Gasteiger partial charge in [0.2, 0.25) is 5.91 Å². The number of amides is 1. The van der Waals surface area contributed by atoms with Crippen LogP contribution < -0.4 is 10.2 Å². The average molecular weight is 330 g/mol. The lowest BCUT2D eigenvalue weighted by Crippen LogP contribution is -2.53. The first kappa shape index (κ1) is 16.0. The Labute approximate surface area is 140 Å². The van der Waals surface area contributed by atoms with Gasteiger partial charge in [-0.1, -0.05) is 25.1 Å². The highest BCUT2D eigenvalue weighted by Crippen LogP contribution is 2.18. The summed E-state index contributed by atoms with van der Waals surface area (Å²) in [5.74, 6) is 0.0515. The number of hydrogen-bond acceptors (Lipinski definition) is 5. The molecule has 5 nitrogen and oxygen atoms in total. The van der Waals surface area contributed by atoms with E-state index >= 15 is 0 Å². The van der Waals surface area contributed by atoms with Crippen LogP contribution in [0.3, 0.4) is 0 Å². The van der Waals surface area contributed by atoms with Crippen molar-refractivity contribution in [2.75, 3.05) is 36.4 Å². The molecule has 1 amide bonds. The van der Waals surface area contributed by atoms with E-state index < -0.39 is 0 Å². The minimum Gasteiger partial charge on any atom is -0.369 e. The molecule has 1 fully saturated rings. The van der Waals surface area contributed by atoms with Crippen LogP contribution in [0.5, 0.6) is 0 Å². The van der Waals surface area contributed by atoms with Crippen LogP contribution in [-0.2, 0) is 4.79 Å². The van der Waals surface area contributed by atoms with Crippen molar-refractivity contribution in [3.05, 3.63) is 41.9 Å². The van der Waals surface area contributed by atoms with E-state index in [1.165, 1.54) is 17.0 Å². The van der Waals surface area contributed by atoms with Crippen molar-refractivity contribution in [2.24, 2.45) is 0 Å². The summed E-state index contributed by atoms with van der Waals surface area (Å²) in [5, 5.41) is 5.47. The Morgan fingerprint density at radius 1 is 1.26 bits per heavy atom. The number of carbonyl (C=O) groups is 1. The number of nitrogens with one attached hydrogen (secondary N) is 1. The van der Waals surface area contributed by atoms with Crippen molar-refractivity contribution in [1.29, 1.82) is 0 Å². The maximum absolute atomic E-state index is 12.5. The summed E-state index contributed by atoms with van der Waals surface area (Å²) in [6.07, 6.45) is 2.52. The van der Waals surface area contributed by atoms with Crippen molar-refractivity contribution >= 4 is 28.1 Å². The van der Waals surface area contributed by atoms with Gasteiger partial charge in [0.05, 0.1) is 6.04 Å². The molecule has 0 bridgehead atoms.